The third-order valence-corrected chi connectivity index (χ3v) is 2.82. The molecule has 0 radical (unpaired) electrons. The standard InChI is InChI=1S/C12H14N6O/c1-4-9-5-10(17(2)16-9)12(19)15-11-8(6-13)7-14-18(11)3/h5,7H,4H2,1-3H3,(H,15,19). The number of carbonyl (C=O) groups is 1. The molecule has 2 aromatic rings. The molecule has 0 aliphatic carbocycles. The molecule has 98 valence electrons. The molecule has 0 unspecified atom stereocenters. The van der Waals surface area contributed by atoms with E-state index in [-0.39, 0.29) is 5.91 Å². The van der Waals surface area contributed by atoms with E-state index >= 15 is 0 Å². The molecule has 2 aromatic heterocycles. The van der Waals surface area contributed by atoms with Crippen molar-refractivity contribution in [1.82, 2.24) is 19.6 Å². The number of nitriles is 1. The number of amides is 1. The van der Waals surface area contributed by atoms with Crippen LogP contribution in [0.15, 0.2) is 12.3 Å². The van der Waals surface area contributed by atoms with Gasteiger partial charge in [-0.3, -0.25) is 14.2 Å². The van der Waals surface area contributed by atoms with Gasteiger partial charge in [-0.1, -0.05) is 6.92 Å². The van der Waals surface area contributed by atoms with E-state index in [0.29, 0.717) is 17.1 Å². The molecule has 2 heterocycles. The first kappa shape index (κ1) is 12.8. The minimum atomic E-state index is -0.310. The maximum Gasteiger partial charge on any atom is 0.275 e. The van der Waals surface area contributed by atoms with E-state index in [2.05, 4.69) is 15.5 Å². The number of anilines is 1. The summed E-state index contributed by atoms with van der Waals surface area (Å²) in [4.78, 5) is 12.2. The molecule has 0 atom stereocenters. The fraction of sp³-hybridized carbons (Fsp3) is 0.333. The highest BCUT2D eigenvalue weighted by Gasteiger charge is 2.16. The lowest BCUT2D eigenvalue weighted by molar-refractivity contribution is 0.101. The SMILES string of the molecule is CCc1cc(C(=O)Nc2c(C#N)cnn2C)n(C)n1. The zero-order valence-corrected chi connectivity index (χ0v) is 11.0. The van der Waals surface area contributed by atoms with Crippen molar-refractivity contribution < 1.29 is 4.79 Å². The van der Waals surface area contributed by atoms with Gasteiger partial charge in [-0.05, 0) is 12.5 Å². The van der Waals surface area contributed by atoms with Crippen LogP contribution in [0.1, 0.15) is 28.7 Å². The van der Waals surface area contributed by atoms with Crippen molar-refractivity contribution in [2.75, 3.05) is 5.32 Å². The van der Waals surface area contributed by atoms with E-state index in [1.54, 1.807) is 20.2 Å². The van der Waals surface area contributed by atoms with Gasteiger partial charge in [0.2, 0.25) is 0 Å². The molecule has 0 bridgehead atoms. The van der Waals surface area contributed by atoms with Crippen LogP contribution in [0.3, 0.4) is 0 Å². The Hall–Kier alpha value is -2.62. The van der Waals surface area contributed by atoms with Crippen molar-refractivity contribution in [3.63, 3.8) is 0 Å². The summed E-state index contributed by atoms with van der Waals surface area (Å²) in [6.45, 7) is 1.97. The molecule has 0 fully saturated rings. The van der Waals surface area contributed by atoms with Gasteiger partial charge in [0.05, 0.1) is 11.9 Å². The van der Waals surface area contributed by atoms with Gasteiger partial charge in [0, 0.05) is 14.1 Å². The Balaban J connectivity index is 2.28. The second-order valence-corrected chi connectivity index (χ2v) is 4.09. The van der Waals surface area contributed by atoms with Crippen LogP contribution in [0.2, 0.25) is 0 Å². The summed E-state index contributed by atoms with van der Waals surface area (Å²) in [7, 11) is 3.37. The normalized spacial score (nSPS) is 10.2. The largest absolute Gasteiger partial charge is 0.304 e. The first-order chi connectivity index (χ1) is 9.06. The molecule has 0 saturated heterocycles. The second-order valence-electron chi connectivity index (χ2n) is 4.09. The number of nitrogens with zero attached hydrogens (tertiary/aromatic N) is 5. The van der Waals surface area contributed by atoms with Crippen LogP contribution in [0.25, 0.3) is 0 Å². The first-order valence-electron chi connectivity index (χ1n) is 5.83. The molecule has 1 amide bonds. The average molecular weight is 258 g/mol. The Morgan fingerprint density at radius 2 is 2.21 bits per heavy atom. The van der Waals surface area contributed by atoms with Crippen molar-refractivity contribution in [3.05, 3.63) is 29.2 Å². The van der Waals surface area contributed by atoms with Crippen molar-refractivity contribution in [2.45, 2.75) is 13.3 Å². The molecule has 0 saturated carbocycles. The maximum atomic E-state index is 12.2. The van der Waals surface area contributed by atoms with E-state index in [1.807, 2.05) is 13.0 Å². The summed E-state index contributed by atoms with van der Waals surface area (Å²) >= 11 is 0. The van der Waals surface area contributed by atoms with E-state index in [9.17, 15) is 4.79 Å². The van der Waals surface area contributed by atoms with Crippen molar-refractivity contribution in [3.8, 4) is 6.07 Å². The van der Waals surface area contributed by atoms with Gasteiger partial charge < -0.3 is 5.32 Å². The summed E-state index contributed by atoms with van der Waals surface area (Å²) in [5.74, 6) is 0.0709. The molecule has 1 N–H and O–H groups in total. The zero-order valence-electron chi connectivity index (χ0n) is 11.0. The van der Waals surface area contributed by atoms with Crippen LogP contribution in [0.4, 0.5) is 5.82 Å². The summed E-state index contributed by atoms with van der Waals surface area (Å²) in [6.07, 6.45) is 2.17. The Morgan fingerprint density at radius 3 is 2.79 bits per heavy atom. The van der Waals surface area contributed by atoms with Crippen LogP contribution in [-0.4, -0.2) is 25.5 Å². The Labute approximate surface area is 110 Å². The van der Waals surface area contributed by atoms with E-state index in [4.69, 9.17) is 5.26 Å². The number of hydrogen-bond donors (Lipinski definition) is 1. The molecular formula is C12H14N6O. The summed E-state index contributed by atoms with van der Waals surface area (Å²) in [5.41, 5.74) is 1.62. The zero-order chi connectivity index (χ0) is 14.0. The minimum Gasteiger partial charge on any atom is -0.304 e. The Kier molecular flexibility index (Phi) is 3.33. The van der Waals surface area contributed by atoms with E-state index < -0.39 is 0 Å². The summed E-state index contributed by atoms with van der Waals surface area (Å²) in [5, 5.41) is 19.8. The molecule has 0 aromatic carbocycles. The van der Waals surface area contributed by atoms with Gasteiger partial charge in [0.1, 0.15) is 23.1 Å². The number of carbonyl (C=O) groups excluding carboxylic acids is 1. The molecule has 0 spiro atoms. The molecule has 0 aliphatic rings. The highest BCUT2D eigenvalue weighted by atomic mass is 16.2. The first-order valence-corrected chi connectivity index (χ1v) is 5.83. The van der Waals surface area contributed by atoms with Gasteiger partial charge in [0.25, 0.3) is 5.91 Å². The number of aromatic nitrogens is 4. The molecule has 7 heteroatoms. The molecule has 19 heavy (non-hydrogen) atoms. The van der Waals surface area contributed by atoms with Gasteiger partial charge in [-0.25, -0.2) is 0 Å². The smallest absolute Gasteiger partial charge is 0.275 e. The van der Waals surface area contributed by atoms with Crippen LogP contribution in [0.5, 0.6) is 0 Å². The molecular weight excluding hydrogens is 244 g/mol. The lowest BCUT2D eigenvalue weighted by Gasteiger charge is -2.05. The topological polar surface area (TPSA) is 88.5 Å². The van der Waals surface area contributed by atoms with E-state index in [1.165, 1.54) is 15.6 Å². The Bertz CT molecular complexity index is 660. The van der Waals surface area contributed by atoms with Crippen LogP contribution in [0, 0.1) is 11.3 Å². The lowest BCUT2D eigenvalue weighted by Crippen LogP contribution is -2.18. The van der Waals surface area contributed by atoms with Crippen LogP contribution < -0.4 is 5.32 Å². The van der Waals surface area contributed by atoms with Crippen LogP contribution in [-0.2, 0) is 20.5 Å². The maximum absolute atomic E-state index is 12.2. The number of hydrogen-bond acceptors (Lipinski definition) is 4. The number of rotatable bonds is 3. The summed E-state index contributed by atoms with van der Waals surface area (Å²) < 4.78 is 2.98. The fourth-order valence-electron chi connectivity index (χ4n) is 1.75. The lowest BCUT2D eigenvalue weighted by atomic mass is 10.3. The second kappa shape index (κ2) is 4.94. The van der Waals surface area contributed by atoms with Crippen molar-refractivity contribution in [1.29, 1.82) is 5.26 Å². The molecule has 7 nitrogen and oxygen atoms in total. The quantitative estimate of drug-likeness (QED) is 0.883. The fourth-order valence-corrected chi connectivity index (χ4v) is 1.75. The predicted octanol–water partition coefficient (Wildman–Crippen LogP) is 0.840. The number of nitrogens with one attached hydrogen (secondary N) is 1. The molecule has 0 aliphatic heterocycles. The Morgan fingerprint density at radius 1 is 1.47 bits per heavy atom. The number of aryl methyl sites for hydroxylation is 3. The van der Waals surface area contributed by atoms with Gasteiger partial charge >= 0.3 is 0 Å². The predicted molar refractivity (Wildman–Crippen MR) is 68.5 cm³/mol. The van der Waals surface area contributed by atoms with Gasteiger partial charge in [-0.15, -0.1) is 0 Å². The highest BCUT2D eigenvalue weighted by Crippen LogP contribution is 2.14. The van der Waals surface area contributed by atoms with Crippen molar-refractivity contribution in [2.24, 2.45) is 14.1 Å². The molecule has 2 rings (SSSR count). The third-order valence-electron chi connectivity index (χ3n) is 2.82. The third kappa shape index (κ3) is 2.33. The monoisotopic (exact) mass is 258 g/mol. The van der Waals surface area contributed by atoms with Gasteiger partial charge in [0.15, 0.2) is 0 Å². The highest BCUT2D eigenvalue weighted by molar-refractivity contribution is 6.03. The average Bonchev–Trinajstić information content (AvgIpc) is 2.94. The van der Waals surface area contributed by atoms with E-state index in [0.717, 1.165) is 12.1 Å². The summed E-state index contributed by atoms with van der Waals surface area (Å²) in [6, 6.07) is 3.72. The minimum absolute atomic E-state index is 0.310. The van der Waals surface area contributed by atoms with Gasteiger partial charge in [-0.2, -0.15) is 15.5 Å². The van der Waals surface area contributed by atoms with Crippen LogP contribution >= 0.6 is 0 Å². The van der Waals surface area contributed by atoms with Crippen molar-refractivity contribution >= 4 is 11.7 Å².